The number of hydrogen-bond donors (Lipinski definition) is 1. The smallest absolute Gasteiger partial charge is 0.309 e. The molecule has 14 heavy (non-hydrogen) atoms. The lowest BCUT2D eigenvalue weighted by atomic mass is 9.78. The van der Waals surface area contributed by atoms with Crippen LogP contribution in [0.5, 0.6) is 0 Å². The van der Waals surface area contributed by atoms with E-state index in [1.54, 1.807) is 0 Å². The van der Waals surface area contributed by atoms with Gasteiger partial charge in [-0.3, -0.25) is 0 Å². The third-order valence-corrected chi connectivity index (χ3v) is 3.11. The monoisotopic (exact) mass is 209 g/mol. The minimum absolute atomic E-state index is 0.233. The van der Waals surface area contributed by atoms with Crippen molar-refractivity contribution in [1.82, 2.24) is 5.32 Å². The van der Waals surface area contributed by atoms with Crippen LogP contribution < -0.4 is 5.32 Å². The van der Waals surface area contributed by atoms with Gasteiger partial charge in [0.05, 0.1) is 0 Å². The SMILES string of the molecule is CNC(C1CCCC(C)C1)C(F)(F)F. The van der Waals surface area contributed by atoms with Gasteiger partial charge in [0.1, 0.15) is 6.04 Å². The Bertz CT molecular complexity index is 179. The summed E-state index contributed by atoms with van der Waals surface area (Å²) in [6.07, 6.45) is -0.693. The summed E-state index contributed by atoms with van der Waals surface area (Å²) in [6.45, 7) is 2.04. The van der Waals surface area contributed by atoms with E-state index >= 15 is 0 Å². The Labute approximate surface area is 83.1 Å². The summed E-state index contributed by atoms with van der Waals surface area (Å²) in [5.74, 6) is 0.204. The number of alkyl halides is 3. The van der Waals surface area contributed by atoms with Crippen LogP contribution in [0, 0.1) is 11.8 Å². The van der Waals surface area contributed by atoms with Crippen LogP contribution in [-0.4, -0.2) is 19.3 Å². The van der Waals surface area contributed by atoms with Crippen LogP contribution in [0.1, 0.15) is 32.6 Å². The molecule has 0 aromatic rings. The molecule has 0 heterocycles. The highest BCUT2D eigenvalue weighted by Gasteiger charge is 2.44. The van der Waals surface area contributed by atoms with Crippen molar-refractivity contribution in [2.24, 2.45) is 11.8 Å². The first-order chi connectivity index (χ1) is 6.45. The molecule has 3 unspecified atom stereocenters. The number of halogens is 3. The van der Waals surface area contributed by atoms with E-state index in [0.717, 1.165) is 12.8 Å². The first-order valence-corrected chi connectivity index (χ1v) is 5.19. The fraction of sp³-hybridized carbons (Fsp3) is 1.00. The van der Waals surface area contributed by atoms with E-state index in [-0.39, 0.29) is 5.92 Å². The molecule has 0 saturated heterocycles. The van der Waals surface area contributed by atoms with Crippen molar-refractivity contribution in [3.05, 3.63) is 0 Å². The van der Waals surface area contributed by atoms with Crippen LogP contribution in [0.2, 0.25) is 0 Å². The maximum Gasteiger partial charge on any atom is 0.404 e. The van der Waals surface area contributed by atoms with Crippen molar-refractivity contribution in [2.45, 2.75) is 44.8 Å². The van der Waals surface area contributed by atoms with Crippen molar-refractivity contribution in [3.8, 4) is 0 Å². The van der Waals surface area contributed by atoms with E-state index < -0.39 is 12.2 Å². The Morgan fingerprint density at radius 1 is 1.29 bits per heavy atom. The molecule has 1 rings (SSSR count). The average molecular weight is 209 g/mol. The Balaban J connectivity index is 2.60. The van der Waals surface area contributed by atoms with Crippen LogP contribution in [0.4, 0.5) is 13.2 Å². The Hall–Kier alpha value is -0.250. The van der Waals surface area contributed by atoms with Gasteiger partial charge in [-0.25, -0.2) is 0 Å². The molecular weight excluding hydrogens is 191 g/mol. The third-order valence-electron chi connectivity index (χ3n) is 3.11. The summed E-state index contributed by atoms with van der Waals surface area (Å²) in [5.41, 5.74) is 0. The molecule has 4 heteroatoms. The number of nitrogens with one attached hydrogen (secondary N) is 1. The summed E-state index contributed by atoms with van der Waals surface area (Å²) in [4.78, 5) is 0. The van der Waals surface area contributed by atoms with Gasteiger partial charge in [0.25, 0.3) is 0 Å². The maximum atomic E-state index is 12.6. The van der Waals surface area contributed by atoms with Crippen molar-refractivity contribution in [2.75, 3.05) is 7.05 Å². The highest BCUT2D eigenvalue weighted by molar-refractivity contribution is 4.85. The molecule has 1 saturated carbocycles. The largest absolute Gasteiger partial charge is 0.404 e. The molecule has 1 N–H and O–H groups in total. The molecule has 1 aliphatic rings. The van der Waals surface area contributed by atoms with Gasteiger partial charge in [0.15, 0.2) is 0 Å². The lowest BCUT2D eigenvalue weighted by Gasteiger charge is -2.34. The molecule has 3 atom stereocenters. The minimum atomic E-state index is -4.10. The van der Waals surface area contributed by atoms with Crippen LogP contribution in [0.15, 0.2) is 0 Å². The van der Waals surface area contributed by atoms with Gasteiger partial charge in [0, 0.05) is 0 Å². The predicted molar refractivity (Wildman–Crippen MR) is 50.0 cm³/mol. The van der Waals surface area contributed by atoms with Crippen LogP contribution in [-0.2, 0) is 0 Å². The summed E-state index contributed by atoms with van der Waals surface area (Å²) in [7, 11) is 1.40. The second-order valence-electron chi connectivity index (χ2n) is 4.34. The molecule has 0 aliphatic heterocycles. The fourth-order valence-electron chi connectivity index (χ4n) is 2.45. The van der Waals surface area contributed by atoms with Crippen LogP contribution in [0.25, 0.3) is 0 Å². The zero-order valence-corrected chi connectivity index (χ0v) is 8.69. The van der Waals surface area contributed by atoms with Gasteiger partial charge in [-0.1, -0.05) is 19.8 Å². The van der Waals surface area contributed by atoms with E-state index in [1.165, 1.54) is 7.05 Å². The van der Waals surface area contributed by atoms with Gasteiger partial charge in [-0.2, -0.15) is 13.2 Å². The predicted octanol–water partition coefficient (Wildman–Crippen LogP) is 2.96. The minimum Gasteiger partial charge on any atom is -0.309 e. The molecule has 0 aromatic carbocycles. The molecule has 0 aromatic heterocycles. The van der Waals surface area contributed by atoms with Crippen molar-refractivity contribution < 1.29 is 13.2 Å². The zero-order chi connectivity index (χ0) is 10.8. The quantitative estimate of drug-likeness (QED) is 0.737. The maximum absolute atomic E-state index is 12.6. The zero-order valence-electron chi connectivity index (χ0n) is 8.69. The Morgan fingerprint density at radius 2 is 1.93 bits per heavy atom. The first kappa shape index (κ1) is 11.8. The molecule has 84 valence electrons. The second kappa shape index (κ2) is 4.51. The molecule has 0 radical (unpaired) electrons. The molecule has 0 amide bonds. The van der Waals surface area contributed by atoms with E-state index in [4.69, 9.17) is 0 Å². The van der Waals surface area contributed by atoms with Gasteiger partial charge < -0.3 is 5.32 Å². The van der Waals surface area contributed by atoms with Crippen LogP contribution in [0.3, 0.4) is 0 Å². The highest BCUT2D eigenvalue weighted by atomic mass is 19.4. The van der Waals surface area contributed by atoms with E-state index in [2.05, 4.69) is 5.32 Å². The fourth-order valence-corrected chi connectivity index (χ4v) is 2.45. The number of rotatable bonds is 2. The van der Waals surface area contributed by atoms with Crippen molar-refractivity contribution >= 4 is 0 Å². The molecule has 0 bridgehead atoms. The highest BCUT2D eigenvalue weighted by Crippen LogP contribution is 2.36. The van der Waals surface area contributed by atoms with Gasteiger partial charge in [-0.05, 0) is 31.7 Å². The Morgan fingerprint density at radius 3 is 2.36 bits per heavy atom. The summed E-state index contributed by atoms with van der Waals surface area (Å²) < 4.78 is 37.7. The molecule has 1 aliphatic carbocycles. The topological polar surface area (TPSA) is 12.0 Å². The second-order valence-corrected chi connectivity index (χ2v) is 4.34. The van der Waals surface area contributed by atoms with Crippen molar-refractivity contribution in [3.63, 3.8) is 0 Å². The Kier molecular flexibility index (Phi) is 3.81. The third kappa shape index (κ3) is 2.87. The first-order valence-electron chi connectivity index (χ1n) is 5.19. The lowest BCUT2D eigenvalue weighted by molar-refractivity contribution is -0.170. The van der Waals surface area contributed by atoms with Crippen LogP contribution >= 0.6 is 0 Å². The standard InChI is InChI=1S/C10H18F3N/c1-7-4-3-5-8(6-7)9(14-2)10(11,12)13/h7-9,14H,3-6H2,1-2H3. The molecule has 0 spiro atoms. The molecule has 1 nitrogen and oxygen atoms in total. The lowest BCUT2D eigenvalue weighted by Crippen LogP contribution is -2.47. The normalized spacial score (nSPS) is 31.5. The summed E-state index contributed by atoms with van der Waals surface area (Å²) in [6, 6.07) is -1.31. The summed E-state index contributed by atoms with van der Waals surface area (Å²) >= 11 is 0. The molecular formula is C10H18F3N. The number of hydrogen-bond acceptors (Lipinski definition) is 1. The van der Waals surface area contributed by atoms with Gasteiger partial charge in [0.2, 0.25) is 0 Å². The molecule has 1 fully saturated rings. The van der Waals surface area contributed by atoms with Crippen molar-refractivity contribution in [1.29, 1.82) is 0 Å². The van der Waals surface area contributed by atoms with E-state index in [9.17, 15) is 13.2 Å². The van der Waals surface area contributed by atoms with Gasteiger partial charge >= 0.3 is 6.18 Å². The average Bonchev–Trinajstić information content (AvgIpc) is 2.02. The van der Waals surface area contributed by atoms with Gasteiger partial charge in [-0.15, -0.1) is 0 Å². The van der Waals surface area contributed by atoms with E-state index in [1.807, 2.05) is 6.92 Å². The summed E-state index contributed by atoms with van der Waals surface area (Å²) in [5, 5.41) is 2.41. The van der Waals surface area contributed by atoms with E-state index in [0.29, 0.717) is 18.8 Å².